The number of rotatable bonds is 6. The number of nitrogens with zero attached hydrogens (tertiary/aromatic N) is 1. The topological polar surface area (TPSA) is 68.9 Å². The average Bonchev–Trinajstić information content (AvgIpc) is 2.72. The van der Waals surface area contributed by atoms with Gasteiger partial charge in [-0.3, -0.25) is 0 Å². The van der Waals surface area contributed by atoms with Crippen molar-refractivity contribution in [2.75, 3.05) is 19.5 Å². The fraction of sp³-hybridized carbons (Fsp3) is 0.900. The van der Waals surface area contributed by atoms with Gasteiger partial charge < -0.3 is 11.1 Å². The van der Waals surface area contributed by atoms with E-state index >= 15 is 0 Å². The Hall–Kier alpha value is 0.270. The highest BCUT2D eigenvalue weighted by atomic mass is 127. The number of unbranched alkanes of at least 4 members (excludes halogenated alkanes) is 1. The van der Waals surface area contributed by atoms with Crippen LogP contribution in [0.5, 0.6) is 0 Å². The first-order valence-corrected chi connectivity index (χ1v) is 7.87. The van der Waals surface area contributed by atoms with Crippen LogP contribution in [0.3, 0.4) is 0 Å². The van der Waals surface area contributed by atoms with Crippen LogP contribution in [0.25, 0.3) is 0 Å². The van der Waals surface area contributed by atoms with Gasteiger partial charge in [-0.1, -0.05) is 22.6 Å². The van der Waals surface area contributed by atoms with Crippen LogP contribution in [0.1, 0.15) is 19.3 Å². The summed E-state index contributed by atoms with van der Waals surface area (Å²) in [6.45, 7) is 0.664. The molecule has 7 heteroatoms. The van der Waals surface area contributed by atoms with Crippen molar-refractivity contribution in [3.63, 3.8) is 0 Å². The molecular weight excluding hydrogens is 353 g/mol. The summed E-state index contributed by atoms with van der Waals surface area (Å²) in [6.07, 6.45) is 3.33. The van der Waals surface area contributed by atoms with E-state index in [1.807, 2.05) is 11.8 Å². The molecule has 0 aromatic carbocycles. The number of nitrogens with one attached hydrogen (secondary N) is 1. The van der Waals surface area contributed by atoms with Crippen LogP contribution in [-0.4, -0.2) is 40.3 Å². The van der Waals surface area contributed by atoms with Crippen molar-refractivity contribution in [1.82, 2.24) is 5.32 Å². The van der Waals surface area contributed by atoms with Crippen LogP contribution in [0.2, 0.25) is 0 Å². The van der Waals surface area contributed by atoms with Crippen molar-refractivity contribution in [1.29, 1.82) is 0 Å². The van der Waals surface area contributed by atoms with Gasteiger partial charge in [0.25, 0.3) is 0 Å². The van der Waals surface area contributed by atoms with Crippen LogP contribution in [0.15, 0.2) is 4.99 Å². The van der Waals surface area contributed by atoms with E-state index in [1.54, 1.807) is 7.11 Å². The third kappa shape index (κ3) is 2.99. The summed E-state index contributed by atoms with van der Waals surface area (Å²) >= 11 is 4.48. The second-order valence-electron chi connectivity index (χ2n) is 4.23. The normalized spacial score (nSPS) is 35.5. The first-order chi connectivity index (χ1) is 8.16. The molecule has 0 spiro atoms. The van der Waals surface area contributed by atoms with Gasteiger partial charge in [0.2, 0.25) is 0 Å². The minimum absolute atomic E-state index is 0.0224. The Labute approximate surface area is 119 Å². The highest BCUT2D eigenvalue weighted by Crippen LogP contribution is 2.46. The zero-order valence-corrected chi connectivity index (χ0v) is 12.8. The van der Waals surface area contributed by atoms with E-state index in [9.17, 15) is 0 Å². The first-order valence-electron chi connectivity index (χ1n) is 5.74. The Kier molecular flexibility index (Phi) is 4.79. The number of halogens is 1. The minimum atomic E-state index is 0.0224. The van der Waals surface area contributed by atoms with Crippen molar-refractivity contribution >= 4 is 40.3 Å². The van der Waals surface area contributed by atoms with E-state index in [0.29, 0.717) is 23.9 Å². The summed E-state index contributed by atoms with van der Waals surface area (Å²) in [4.78, 5) is 13.9. The summed E-state index contributed by atoms with van der Waals surface area (Å²) < 4.78 is 0.0224. The molecule has 0 aromatic rings. The van der Waals surface area contributed by atoms with Crippen LogP contribution < -0.4 is 11.1 Å². The van der Waals surface area contributed by atoms with Gasteiger partial charge in [-0.2, -0.15) is 11.8 Å². The number of hydrogen-bond donors (Lipinski definition) is 2. The van der Waals surface area contributed by atoms with Gasteiger partial charge >= 0.3 is 0 Å². The fourth-order valence-corrected chi connectivity index (χ4v) is 5.55. The molecule has 0 aromatic heterocycles. The molecule has 1 saturated heterocycles. The largest absolute Gasteiger partial charge is 0.370 e. The van der Waals surface area contributed by atoms with Gasteiger partial charge in [0.15, 0.2) is 5.96 Å². The molecular formula is C10H18IN3O2S. The molecule has 98 valence electrons. The summed E-state index contributed by atoms with van der Waals surface area (Å²) in [6, 6.07) is 0.327. The van der Waals surface area contributed by atoms with Gasteiger partial charge in [-0.05, 0) is 19.3 Å². The van der Waals surface area contributed by atoms with Gasteiger partial charge in [0.05, 0.1) is 19.8 Å². The molecule has 0 bridgehead atoms. The second-order valence-corrected chi connectivity index (χ2v) is 7.25. The molecule has 17 heavy (non-hydrogen) atoms. The number of guanidine groups is 1. The van der Waals surface area contributed by atoms with Gasteiger partial charge in [-0.25, -0.2) is 14.8 Å². The Morgan fingerprint density at radius 3 is 3.24 bits per heavy atom. The maximum absolute atomic E-state index is 5.76. The van der Waals surface area contributed by atoms with E-state index in [-0.39, 0.29) is 3.55 Å². The smallest absolute Gasteiger partial charge is 0.190 e. The standard InChI is InChI=1S/C10H18IN3O2S/c1-15-16-5-3-2-4-8-10(11)7(6-17-8)13-9(12)14-10/h7-8H,2-6H2,1H3,(H3,12,13,14)/t7-,8?,10-/m0/s1. The lowest BCUT2D eigenvalue weighted by Gasteiger charge is -2.28. The SMILES string of the molecule is COOCCCCC1SC[C@@H]2N=C(N)N[C@]12I. The number of fused-ring (bicyclic) bond motifs is 1. The van der Waals surface area contributed by atoms with E-state index < -0.39 is 0 Å². The molecule has 2 aliphatic heterocycles. The van der Waals surface area contributed by atoms with Crippen molar-refractivity contribution in [3.05, 3.63) is 0 Å². The Balaban J connectivity index is 1.75. The molecule has 0 saturated carbocycles. The number of aliphatic imine (C=N–C) groups is 1. The lowest BCUT2D eigenvalue weighted by molar-refractivity contribution is -0.272. The molecule has 1 fully saturated rings. The Morgan fingerprint density at radius 2 is 2.47 bits per heavy atom. The molecule has 0 radical (unpaired) electrons. The van der Waals surface area contributed by atoms with Crippen molar-refractivity contribution in [2.45, 2.75) is 34.1 Å². The maximum Gasteiger partial charge on any atom is 0.190 e. The van der Waals surface area contributed by atoms with Gasteiger partial charge in [-0.15, -0.1) is 0 Å². The molecule has 0 aliphatic carbocycles. The maximum atomic E-state index is 5.76. The Bertz CT molecular complexity index is 305. The molecule has 2 rings (SSSR count). The predicted octanol–water partition coefficient (Wildman–Crippen LogP) is 1.27. The molecule has 0 amide bonds. The number of alkyl halides is 1. The molecule has 1 unspecified atom stereocenters. The number of hydrogen-bond acceptors (Lipinski definition) is 6. The third-order valence-corrected chi connectivity index (χ3v) is 6.77. The van der Waals surface area contributed by atoms with E-state index in [4.69, 9.17) is 10.6 Å². The zero-order chi connectivity index (χ0) is 12.3. The number of nitrogens with two attached hydrogens (primary N) is 1. The monoisotopic (exact) mass is 371 g/mol. The van der Waals surface area contributed by atoms with E-state index in [0.717, 1.165) is 25.0 Å². The second kappa shape index (κ2) is 5.94. The fourth-order valence-electron chi connectivity index (χ4n) is 2.22. The predicted molar refractivity (Wildman–Crippen MR) is 78.4 cm³/mol. The molecule has 3 atom stereocenters. The molecule has 5 nitrogen and oxygen atoms in total. The molecule has 2 aliphatic rings. The van der Waals surface area contributed by atoms with Gasteiger partial charge in [0.1, 0.15) is 3.55 Å². The van der Waals surface area contributed by atoms with Crippen molar-refractivity contribution < 1.29 is 9.78 Å². The lowest BCUT2D eigenvalue weighted by atomic mass is 10.0. The van der Waals surface area contributed by atoms with Crippen LogP contribution in [-0.2, 0) is 9.78 Å². The number of thioether (sulfide) groups is 1. The summed E-state index contributed by atoms with van der Waals surface area (Å²) in [5, 5.41) is 3.90. The van der Waals surface area contributed by atoms with Crippen LogP contribution >= 0.6 is 34.4 Å². The highest BCUT2D eigenvalue weighted by molar-refractivity contribution is 14.1. The molecule has 2 heterocycles. The summed E-state index contributed by atoms with van der Waals surface area (Å²) in [5.41, 5.74) is 5.76. The zero-order valence-electron chi connectivity index (χ0n) is 9.82. The minimum Gasteiger partial charge on any atom is -0.370 e. The summed E-state index contributed by atoms with van der Waals surface area (Å²) in [7, 11) is 1.54. The third-order valence-electron chi connectivity index (χ3n) is 3.09. The Morgan fingerprint density at radius 1 is 1.65 bits per heavy atom. The quantitative estimate of drug-likeness (QED) is 0.184. The van der Waals surface area contributed by atoms with Crippen LogP contribution in [0.4, 0.5) is 0 Å². The van der Waals surface area contributed by atoms with Crippen molar-refractivity contribution in [3.8, 4) is 0 Å². The average molecular weight is 371 g/mol. The van der Waals surface area contributed by atoms with E-state index in [1.165, 1.54) is 0 Å². The van der Waals surface area contributed by atoms with E-state index in [2.05, 4.69) is 37.8 Å². The molecule has 3 N–H and O–H groups in total. The lowest BCUT2D eigenvalue weighted by Crippen LogP contribution is -2.50. The first kappa shape index (κ1) is 13.7. The van der Waals surface area contributed by atoms with Gasteiger partial charge in [0, 0.05) is 11.0 Å². The van der Waals surface area contributed by atoms with Crippen molar-refractivity contribution in [2.24, 2.45) is 10.7 Å². The summed E-state index contributed by atoms with van der Waals surface area (Å²) in [5.74, 6) is 1.66. The highest BCUT2D eigenvalue weighted by Gasteiger charge is 2.52. The van der Waals surface area contributed by atoms with Crippen LogP contribution in [0, 0.1) is 0 Å².